The van der Waals surface area contributed by atoms with Crippen LogP contribution in [0.3, 0.4) is 0 Å². The molecule has 1 aromatic carbocycles. The third kappa shape index (κ3) is 5.66. The molecule has 1 saturated heterocycles. The van der Waals surface area contributed by atoms with Crippen LogP contribution in [0.1, 0.15) is 43.9 Å². The number of hydrogen-bond donors (Lipinski definition) is 1. The molecular weight excluding hydrogens is 325 g/mol. The van der Waals surface area contributed by atoms with Gasteiger partial charge in [-0.2, -0.15) is 13.2 Å². The van der Waals surface area contributed by atoms with E-state index < -0.39 is 11.7 Å². The van der Waals surface area contributed by atoms with Gasteiger partial charge in [-0.1, -0.05) is 19.1 Å². The number of alkyl halides is 3. The molecule has 6 heteroatoms. The molecule has 0 aliphatic carbocycles. The van der Waals surface area contributed by atoms with E-state index in [1.807, 2.05) is 6.92 Å². The molecule has 2 nitrogen and oxygen atoms in total. The minimum atomic E-state index is -4.28. The fourth-order valence-corrected chi connectivity index (χ4v) is 3.16. The second-order valence-corrected chi connectivity index (χ2v) is 6.10. The predicted octanol–water partition coefficient (Wildman–Crippen LogP) is 4.51. The van der Waals surface area contributed by atoms with Crippen LogP contribution in [0.15, 0.2) is 24.3 Å². The van der Waals surface area contributed by atoms with Gasteiger partial charge in [0.25, 0.3) is 0 Å². The van der Waals surface area contributed by atoms with E-state index in [9.17, 15) is 13.2 Å². The summed E-state index contributed by atoms with van der Waals surface area (Å²) in [6.07, 6.45) is -1.90. The van der Waals surface area contributed by atoms with Gasteiger partial charge in [0, 0.05) is 12.6 Å². The molecule has 0 radical (unpaired) electrons. The first-order valence-corrected chi connectivity index (χ1v) is 8.03. The first-order chi connectivity index (χ1) is 10.4. The quantitative estimate of drug-likeness (QED) is 0.840. The number of nitrogens with one attached hydrogen (secondary N) is 1. The number of piperidine rings is 1. The van der Waals surface area contributed by atoms with Gasteiger partial charge >= 0.3 is 6.18 Å². The van der Waals surface area contributed by atoms with Gasteiger partial charge in [-0.25, -0.2) is 0 Å². The van der Waals surface area contributed by atoms with Crippen LogP contribution in [0.5, 0.6) is 0 Å². The predicted molar refractivity (Wildman–Crippen MR) is 89.9 cm³/mol. The zero-order valence-corrected chi connectivity index (χ0v) is 14.5. The van der Waals surface area contributed by atoms with Crippen molar-refractivity contribution < 1.29 is 13.2 Å². The smallest absolute Gasteiger partial charge is 0.316 e. The second kappa shape index (κ2) is 8.90. The van der Waals surface area contributed by atoms with Gasteiger partial charge in [0.2, 0.25) is 0 Å². The summed E-state index contributed by atoms with van der Waals surface area (Å²) in [5.41, 5.74) is 0.174. The summed E-state index contributed by atoms with van der Waals surface area (Å²) in [7, 11) is 0. The molecule has 23 heavy (non-hydrogen) atoms. The minimum Gasteiger partial charge on any atom is -0.316 e. The van der Waals surface area contributed by atoms with Gasteiger partial charge in [-0.15, -0.1) is 12.4 Å². The Balaban J connectivity index is 0.00000264. The lowest BCUT2D eigenvalue weighted by atomic mass is 9.97. The number of rotatable bonds is 5. The Morgan fingerprint density at radius 1 is 1.35 bits per heavy atom. The second-order valence-electron chi connectivity index (χ2n) is 6.10. The normalized spacial score (nSPS) is 20.2. The SMILES string of the molecule is CCN(CC1CCCNC1)C(C)c1cccc(C(F)(F)F)c1.Cl. The van der Waals surface area contributed by atoms with Crippen molar-refractivity contribution in [2.24, 2.45) is 5.92 Å². The molecule has 0 bridgehead atoms. The largest absolute Gasteiger partial charge is 0.416 e. The summed E-state index contributed by atoms with van der Waals surface area (Å²) < 4.78 is 38.6. The summed E-state index contributed by atoms with van der Waals surface area (Å²) in [4.78, 5) is 2.27. The van der Waals surface area contributed by atoms with Gasteiger partial charge in [0.15, 0.2) is 0 Å². The van der Waals surface area contributed by atoms with E-state index in [2.05, 4.69) is 17.1 Å². The molecular formula is C17H26ClF3N2. The monoisotopic (exact) mass is 350 g/mol. The van der Waals surface area contributed by atoms with Crippen molar-refractivity contribution in [3.63, 3.8) is 0 Å². The van der Waals surface area contributed by atoms with Crippen LogP contribution in [0.25, 0.3) is 0 Å². The van der Waals surface area contributed by atoms with Gasteiger partial charge in [0.1, 0.15) is 0 Å². The Bertz CT molecular complexity index is 473. The molecule has 1 N–H and O–H groups in total. The molecule has 1 aliphatic heterocycles. The Morgan fingerprint density at radius 2 is 2.09 bits per heavy atom. The highest BCUT2D eigenvalue weighted by molar-refractivity contribution is 5.85. The summed E-state index contributed by atoms with van der Waals surface area (Å²) in [5.74, 6) is 0.585. The van der Waals surface area contributed by atoms with Crippen LogP contribution in [0.2, 0.25) is 0 Å². The first kappa shape index (κ1) is 20.3. The fraction of sp³-hybridized carbons (Fsp3) is 0.647. The summed E-state index contributed by atoms with van der Waals surface area (Å²) in [6.45, 7) is 7.92. The number of hydrogen-bond acceptors (Lipinski definition) is 2. The van der Waals surface area contributed by atoms with Crippen molar-refractivity contribution in [2.45, 2.75) is 38.9 Å². The maximum absolute atomic E-state index is 12.9. The minimum absolute atomic E-state index is 0. The average Bonchev–Trinajstić information content (AvgIpc) is 2.52. The highest BCUT2D eigenvalue weighted by Gasteiger charge is 2.31. The Kier molecular flexibility index (Phi) is 7.84. The zero-order chi connectivity index (χ0) is 16.2. The van der Waals surface area contributed by atoms with Crippen molar-refractivity contribution in [3.8, 4) is 0 Å². The molecule has 0 spiro atoms. The van der Waals surface area contributed by atoms with Crippen LogP contribution >= 0.6 is 12.4 Å². The average molecular weight is 351 g/mol. The van der Waals surface area contributed by atoms with Crippen LogP contribution in [-0.4, -0.2) is 31.1 Å². The number of benzene rings is 1. The van der Waals surface area contributed by atoms with Gasteiger partial charge in [-0.3, -0.25) is 4.90 Å². The topological polar surface area (TPSA) is 15.3 Å². The molecule has 0 aromatic heterocycles. The molecule has 2 rings (SSSR count). The maximum Gasteiger partial charge on any atom is 0.416 e. The standard InChI is InChI=1S/C17H25F3N2.ClH/c1-3-22(12-14-6-5-9-21-11-14)13(2)15-7-4-8-16(10-15)17(18,19)20;/h4,7-8,10,13-14,21H,3,5-6,9,11-12H2,1-2H3;1H. The van der Waals surface area contributed by atoms with Crippen molar-refractivity contribution >= 4 is 12.4 Å². The summed E-state index contributed by atoms with van der Waals surface area (Å²) in [5, 5.41) is 3.40. The van der Waals surface area contributed by atoms with Crippen molar-refractivity contribution in [2.75, 3.05) is 26.2 Å². The Morgan fingerprint density at radius 3 is 2.65 bits per heavy atom. The van der Waals surface area contributed by atoms with Crippen LogP contribution in [0, 0.1) is 5.92 Å². The number of halogens is 4. The molecule has 1 heterocycles. The summed E-state index contributed by atoms with van der Waals surface area (Å²) >= 11 is 0. The van der Waals surface area contributed by atoms with Crippen molar-refractivity contribution in [1.29, 1.82) is 0 Å². The Hall–Kier alpha value is -0.780. The zero-order valence-electron chi connectivity index (χ0n) is 13.7. The first-order valence-electron chi connectivity index (χ1n) is 8.03. The molecule has 0 saturated carbocycles. The van der Waals surface area contributed by atoms with E-state index in [-0.39, 0.29) is 18.4 Å². The van der Waals surface area contributed by atoms with Crippen molar-refractivity contribution in [3.05, 3.63) is 35.4 Å². The molecule has 1 fully saturated rings. The Labute approximate surface area is 142 Å². The molecule has 132 valence electrons. The van der Waals surface area contributed by atoms with E-state index in [1.54, 1.807) is 6.07 Å². The molecule has 2 atom stereocenters. The molecule has 0 amide bonds. The highest BCUT2D eigenvalue weighted by Crippen LogP contribution is 2.32. The lowest BCUT2D eigenvalue weighted by Crippen LogP contribution is -2.39. The molecule has 2 unspecified atom stereocenters. The van der Waals surface area contributed by atoms with E-state index >= 15 is 0 Å². The summed E-state index contributed by atoms with van der Waals surface area (Å²) in [6, 6.07) is 5.71. The van der Waals surface area contributed by atoms with Crippen molar-refractivity contribution in [1.82, 2.24) is 10.2 Å². The molecule has 1 aliphatic rings. The highest BCUT2D eigenvalue weighted by atomic mass is 35.5. The third-order valence-electron chi connectivity index (χ3n) is 4.54. The van der Waals surface area contributed by atoms with E-state index in [0.29, 0.717) is 5.92 Å². The van der Waals surface area contributed by atoms with Crippen LogP contribution in [-0.2, 0) is 6.18 Å². The van der Waals surface area contributed by atoms with E-state index in [0.717, 1.165) is 37.8 Å². The fourth-order valence-electron chi connectivity index (χ4n) is 3.16. The van der Waals surface area contributed by atoms with Crippen LogP contribution in [0.4, 0.5) is 13.2 Å². The van der Waals surface area contributed by atoms with Gasteiger partial charge < -0.3 is 5.32 Å². The van der Waals surface area contributed by atoms with Gasteiger partial charge in [-0.05, 0) is 63.0 Å². The lowest BCUT2D eigenvalue weighted by Gasteiger charge is -2.33. The molecule has 1 aromatic rings. The third-order valence-corrected chi connectivity index (χ3v) is 4.54. The number of nitrogens with zero attached hydrogens (tertiary/aromatic N) is 1. The maximum atomic E-state index is 12.9. The lowest BCUT2D eigenvalue weighted by molar-refractivity contribution is -0.137. The van der Waals surface area contributed by atoms with Crippen LogP contribution < -0.4 is 5.32 Å². The van der Waals surface area contributed by atoms with E-state index in [4.69, 9.17) is 0 Å². The van der Waals surface area contributed by atoms with E-state index in [1.165, 1.54) is 25.0 Å². The van der Waals surface area contributed by atoms with Gasteiger partial charge in [0.05, 0.1) is 5.56 Å².